The first-order valence-corrected chi connectivity index (χ1v) is 9.03. The number of benzene rings is 2. The van der Waals surface area contributed by atoms with Gasteiger partial charge < -0.3 is 4.74 Å². The molecule has 3 fully saturated rings. The van der Waals surface area contributed by atoms with E-state index >= 15 is 0 Å². The molecular formula is C21H16N2O3. The van der Waals surface area contributed by atoms with Crippen molar-refractivity contribution in [2.24, 2.45) is 11.8 Å². The Kier molecular flexibility index (Phi) is 2.70. The first-order chi connectivity index (χ1) is 12.7. The molecule has 0 spiro atoms. The molecule has 26 heavy (non-hydrogen) atoms. The maximum Gasteiger partial charge on any atom is 0.240 e. The van der Waals surface area contributed by atoms with E-state index in [1.807, 2.05) is 42.5 Å². The van der Waals surface area contributed by atoms with Gasteiger partial charge in [-0.3, -0.25) is 9.59 Å². The summed E-state index contributed by atoms with van der Waals surface area (Å²) in [6, 6.07) is 15.6. The molecule has 3 aromatic rings. The van der Waals surface area contributed by atoms with Crippen LogP contribution in [0, 0.1) is 11.8 Å². The molecule has 3 aliphatic rings. The second-order valence-electron chi connectivity index (χ2n) is 7.41. The Morgan fingerprint density at radius 2 is 1.54 bits per heavy atom. The summed E-state index contributed by atoms with van der Waals surface area (Å²) < 4.78 is 5.80. The topological polar surface area (TPSA) is 59.5 Å². The number of anilines is 1. The Morgan fingerprint density at radius 1 is 0.846 bits per heavy atom. The fourth-order valence-electron chi connectivity index (χ4n) is 4.87. The smallest absolute Gasteiger partial charge is 0.240 e. The van der Waals surface area contributed by atoms with E-state index in [-0.39, 0.29) is 35.9 Å². The summed E-state index contributed by atoms with van der Waals surface area (Å²) in [6.07, 6.45) is 1.59. The highest BCUT2D eigenvalue weighted by Gasteiger charge is 2.62. The van der Waals surface area contributed by atoms with Crippen molar-refractivity contribution >= 4 is 39.3 Å². The lowest BCUT2D eigenvalue weighted by atomic mass is 9.81. The van der Waals surface area contributed by atoms with Crippen molar-refractivity contribution in [3.63, 3.8) is 0 Å². The van der Waals surface area contributed by atoms with E-state index in [0.717, 1.165) is 34.6 Å². The van der Waals surface area contributed by atoms with Crippen LogP contribution in [0.15, 0.2) is 48.5 Å². The Balaban J connectivity index is 1.47. The van der Waals surface area contributed by atoms with Gasteiger partial charge >= 0.3 is 0 Å². The van der Waals surface area contributed by atoms with Crippen LogP contribution in [0.3, 0.4) is 0 Å². The van der Waals surface area contributed by atoms with Gasteiger partial charge in [0.2, 0.25) is 11.8 Å². The molecule has 0 aliphatic carbocycles. The van der Waals surface area contributed by atoms with E-state index in [2.05, 4.69) is 11.1 Å². The van der Waals surface area contributed by atoms with Crippen LogP contribution in [0.4, 0.5) is 5.69 Å². The predicted octanol–water partition coefficient (Wildman–Crippen LogP) is 3.05. The molecule has 1 aromatic heterocycles. The van der Waals surface area contributed by atoms with Crippen molar-refractivity contribution in [2.45, 2.75) is 25.0 Å². The monoisotopic (exact) mass is 344 g/mol. The lowest BCUT2D eigenvalue weighted by Gasteiger charge is -2.18. The molecule has 0 N–H and O–H groups in total. The lowest BCUT2D eigenvalue weighted by Crippen LogP contribution is -2.34. The molecule has 0 saturated carbocycles. The summed E-state index contributed by atoms with van der Waals surface area (Å²) in [4.78, 5) is 31.9. The minimum Gasteiger partial charge on any atom is -0.373 e. The van der Waals surface area contributed by atoms with Crippen molar-refractivity contribution < 1.29 is 14.3 Å². The van der Waals surface area contributed by atoms with Crippen LogP contribution >= 0.6 is 0 Å². The van der Waals surface area contributed by atoms with Crippen molar-refractivity contribution in [2.75, 3.05) is 4.90 Å². The molecule has 2 aromatic carbocycles. The molecule has 2 amide bonds. The number of ether oxygens (including phenoxy) is 1. The maximum atomic E-state index is 12.9. The van der Waals surface area contributed by atoms with Crippen LogP contribution in [0.25, 0.3) is 21.8 Å². The summed E-state index contributed by atoms with van der Waals surface area (Å²) in [5, 5.41) is 1.97. The highest BCUT2D eigenvalue weighted by atomic mass is 16.5. The number of hydrogen-bond donors (Lipinski definition) is 0. The van der Waals surface area contributed by atoms with Crippen LogP contribution in [-0.2, 0) is 14.3 Å². The van der Waals surface area contributed by atoms with E-state index in [1.165, 1.54) is 4.90 Å². The van der Waals surface area contributed by atoms with Gasteiger partial charge in [0.15, 0.2) is 0 Å². The fourth-order valence-corrected chi connectivity index (χ4v) is 4.87. The molecule has 6 rings (SSSR count). The molecule has 0 unspecified atom stereocenters. The predicted molar refractivity (Wildman–Crippen MR) is 96.6 cm³/mol. The van der Waals surface area contributed by atoms with E-state index in [1.54, 1.807) is 0 Å². The van der Waals surface area contributed by atoms with Gasteiger partial charge in [0, 0.05) is 10.8 Å². The first-order valence-electron chi connectivity index (χ1n) is 9.03. The maximum absolute atomic E-state index is 12.9. The average Bonchev–Trinajstić information content (AvgIpc) is 3.33. The number of amides is 2. The quantitative estimate of drug-likeness (QED) is 0.503. The number of imide groups is 1. The van der Waals surface area contributed by atoms with E-state index in [0.29, 0.717) is 5.69 Å². The van der Waals surface area contributed by atoms with Gasteiger partial charge in [-0.25, -0.2) is 9.88 Å². The zero-order valence-electron chi connectivity index (χ0n) is 14.0. The molecule has 2 bridgehead atoms. The second kappa shape index (κ2) is 4.89. The number of carbonyl (C=O) groups is 2. The number of hydrogen-bond acceptors (Lipinski definition) is 4. The zero-order chi connectivity index (χ0) is 17.4. The van der Waals surface area contributed by atoms with Crippen LogP contribution in [0.2, 0.25) is 0 Å². The highest BCUT2D eigenvalue weighted by Crippen LogP contribution is 2.49. The molecule has 5 nitrogen and oxygen atoms in total. The Morgan fingerprint density at radius 3 is 2.31 bits per heavy atom. The first kappa shape index (κ1) is 14.4. The highest BCUT2D eigenvalue weighted by molar-refractivity contribution is 6.23. The molecule has 0 radical (unpaired) electrons. The van der Waals surface area contributed by atoms with Crippen LogP contribution < -0.4 is 4.90 Å². The van der Waals surface area contributed by atoms with Gasteiger partial charge in [0.1, 0.15) is 0 Å². The third kappa shape index (κ3) is 1.76. The molecule has 4 heterocycles. The van der Waals surface area contributed by atoms with Crippen molar-refractivity contribution in [3.8, 4) is 0 Å². The number of carbonyl (C=O) groups excluding carboxylic acids is 2. The Hall–Kier alpha value is -2.79. The van der Waals surface area contributed by atoms with Gasteiger partial charge in [-0.05, 0) is 43.2 Å². The fraction of sp³-hybridized carbons (Fsp3) is 0.286. The number of rotatable bonds is 1. The van der Waals surface area contributed by atoms with E-state index in [9.17, 15) is 9.59 Å². The molecule has 5 heteroatoms. The minimum atomic E-state index is -0.299. The van der Waals surface area contributed by atoms with Crippen LogP contribution in [-0.4, -0.2) is 29.0 Å². The van der Waals surface area contributed by atoms with E-state index < -0.39 is 0 Å². The summed E-state index contributed by atoms with van der Waals surface area (Å²) >= 11 is 0. The lowest BCUT2D eigenvalue weighted by molar-refractivity contribution is -0.124. The largest absolute Gasteiger partial charge is 0.373 e. The number of nitrogens with zero attached hydrogens (tertiary/aromatic N) is 2. The summed E-state index contributed by atoms with van der Waals surface area (Å²) in [5.74, 6) is -0.820. The Labute approximate surface area is 149 Å². The zero-order valence-corrected chi connectivity index (χ0v) is 14.0. The average molecular weight is 344 g/mol. The summed E-state index contributed by atoms with van der Waals surface area (Å²) in [7, 11) is 0. The van der Waals surface area contributed by atoms with E-state index in [4.69, 9.17) is 4.74 Å². The summed E-state index contributed by atoms with van der Waals surface area (Å²) in [6.45, 7) is 0. The normalized spacial score (nSPS) is 29.9. The van der Waals surface area contributed by atoms with Crippen molar-refractivity contribution in [3.05, 3.63) is 48.5 Å². The van der Waals surface area contributed by atoms with Crippen molar-refractivity contribution in [1.29, 1.82) is 0 Å². The minimum absolute atomic E-state index is 0.0856. The molecule has 128 valence electrons. The SMILES string of the molecule is O=C1[C@H]2[C@H](C(=O)N1c1ccc3nc4ccccc4cc3c1)[C@H]1CC[C@H]2O1. The van der Waals surface area contributed by atoms with Gasteiger partial charge in [0.25, 0.3) is 0 Å². The Bertz CT molecular complexity index is 1080. The number of aromatic nitrogens is 1. The number of para-hydroxylation sites is 1. The molecule has 4 atom stereocenters. The van der Waals surface area contributed by atoms with Gasteiger partial charge in [-0.15, -0.1) is 0 Å². The van der Waals surface area contributed by atoms with Gasteiger partial charge in [-0.2, -0.15) is 0 Å². The number of pyridine rings is 1. The van der Waals surface area contributed by atoms with Gasteiger partial charge in [0.05, 0.1) is 40.8 Å². The van der Waals surface area contributed by atoms with Crippen LogP contribution in [0.1, 0.15) is 12.8 Å². The standard InChI is InChI=1S/C21H16N2O3/c24-20-18-16-7-8-17(26-16)19(18)21(25)23(20)13-5-6-15-12(10-13)9-11-3-1-2-4-14(11)22-15/h1-6,9-10,16-19H,7-8H2/t16-,17-,18-,19-/m1/s1. The second-order valence-corrected chi connectivity index (χ2v) is 7.41. The van der Waals surface area contributed by atoms with Crippen molar-refractivity contribution in [1.82, 2.24) is 4.98 Å². The molecular weight excluding hydrogens is 328 g/mol. The number of fused-ring (bicyclic) bond motifs is 7. The molecule has 3 saturated heterocycles. The summed E-state index contributed by atoms with van der Waals surface area (Å²) in [5.41, 5.74) is 2.43. The van der Waals surface area contributed by atoms with Crippen LogP contribution in [0.5, 0.6) is 0 Å². The van der Waals surface area contributed by atoms with Gasteiger partial charge in [-0.1, -0.05) is 18.2 Å². The molecule has 3 aliphatic heterocycles. The third-order valence-electron chi connectivity index (χ3n) is 6.04. The third-order valence-corrected chi connectivity index (χ3v) is 6.04.